The van der Waals surface area contributed by atoms with Gasteiger partial charge < -0.3 is 9.79 Å². The van der Waals surface area contributed by atoms with Crippen LogP contribution >= 0.6 is 8.53 Å². The number of rotatable bonds is 4. The first-order valence-electron chi connectivity index (χ1n) is 8.63. The van der Waals surface area contributed by atoms with E-state index in [-0.39, 0.29) is 0 Å². The summed E-state index contributed by atoms with van der Waals surface area (Å²) in [6, 6.07) is 16.7. The molecule has 3 rings (SSSR count). The van der Waals surface area contributed by atoms with E-state index in [9.17, 15) is 9.79 Å². The highest BCUT2D eigenvalue weighted by Crippen LogP contribution is 2.34. The molecule has 0 aliphatic heterocycles. The van der Waals surface area contributed by atoms with Gasteiger partial charge >= 0.3 is 0 Å². The Morgan fingerprint density at radius 2 is 1.36 bits per heavy atom. The van der Waals surface area contributed by atoms with Crippen LogP contribution in [0.15, 0.2) is 54.6 Å². The van der Waals surface area contributed by atoms with Crippen LogP contribution in [0.1, 0.15) is 42.5 Å². The van der Waals surface area contributed by atoms with Gasteiger partial charge in [-0.05, 0) is 41.3 Å². The monoisotopic (exact) mass is 355 g/mol. The molecule has 0 bridgehead atoms. The highest BCUT2D eigenvalue weighted by molar-refractivity contribution is 7.42. The molecule has 1 aliphatic rings. The van der Waals surface area contributed by atoms with Crippen molar-refractivity contribution in [2.24, 2.45) is 0 Å². The number of fused-ring (bicyclic) bond motifs is 2. The van der Waals surface area contributed by atoms with Gasteiger partial charge in [0.25, 0.3) is 8.53 Å². The van der Waals surface area contributed by atoms with E-state index in [1.54, 1.807) is 11.7 Å². The maximum atomic E-state index is 9.23. The summed E-state index contributed by atoms with van der Waals surface area (Å²) in [7, 11) is -0.286. The highest BCUT2D eigenvalue weighted by Gasteiger charge is 2.14. The van der Waals surface area contributed by atoms with Gasteiger partial charge in [0.05, 0.1) is 0 Å². The second-order valence-electron chi connectivity index (χ2n) is 5.56. The second-order valence-corrected chi connectivity index (χ2v) is 6.78. The van der Waals surface area contributed by atoms with E-state index in [0.29, 0.717) is 6.54 Å². The predicted molar refractivity (Wildman–Crippen MR) is 109 cm³/mol. The van der Waals surface area contributed by atoms with Crippen LogP contribution < -0.4 is 0 Å². The van der Waals surface area contributed by atoms with E-state index in [0.717, 1.165) is 6.42 Å². The van der Waals surface area contributed by atoms with E-state index < -0.39 is 8.53 Å². The van der Waals surface area contributed by atoms with Crippen molar-refractivity contribution in [3.8, 4) is 0 Å². The van der Waals surface area contributed by atoms with Gasteiger partial charge in [0.2, 0.25) is 0 Å². The fourth-order valence-electron chi connectivity index (χ4n) is 2.80. The molecule has 0 aromatic heterocycles. The van der Waals surface area contributed by atoms with Gasteiger partial charge in [0, 0.05) is 6.54 Å². The van der Waals surface area contributed by atoms with Crippen LogP contribution in [0, 0.1) is 0 Å². The van der Waals surface area contributed by atoms with Gasteiger partial charge in [0.15, 0.2) is 0 Å². The molecule has 0 fully saturated rings. The third-order valence-corrected chi connectivity index (χ3v) is 4.86. The largest absolute Gasteiger partial charge is 0.338 e. The second kappa shape index (κ2) is 9.65. The molecular formula is C21H26NO2P. The Hall–Kier alpha value is -1.77. The third kappa shape index (κ3) is 4.87. The van der Waals surface area contributed by atoms with Gasteiger partial charge in [-0.1, -0.05) is 80.6 Å². The van der Waals surface area contributed by atoms with Crippen LogP contribution in [-0.4, -0.2) is 28.0 Å². The van der Waals surface area contributed by atoms with Crippen LogP contribution in [0.2, 0.25) is 0 Å². The normalized spacial score (nSPS) is 12.2. The zero-order chi connectivity index (χ0) is 18.2. The van der Waals surface area contributed by atoms with Crippen molar-refractivity contribution in [1.29, 1.82) is 0 Å². The van der Waals surface area contributed by atoms with Crippen molar-refractivity contribution in [3.63, 3.8) is 0 Å². The van der Waals surface area contributed by atoms with Crippen molar-refractivity contribution in [2.75, 3.05) is 13.6 Å². The van der Waals surface area contributed by atoms with E-state index >= 15 is 0 Å². The molecule has 0 saturated heterocycles. The Morgan fingerprint density at radius 3 is 1.84 bits per heavy atom. The summed E-state index contributed by atoms with van der Waals surface area (Å²) in [5.41, 5.74) is 6.04. The average Bonchev–Trinajstić information content (AvgIpc) is 2.81. The summed E-state index contributed by atoms with van der Waals surface area (Å²) in [6.45, 7) is 4.61. The average molecular weight is 355 g/mol. The van der Waals surface area contributed by atoms with Crippen molar-refractivity contribution < 1.29 is 9.79 Å². The molecular weight excluding hydrogens is 329 g/mol. The maximum Gasteiger partial charge on any atom is 0.252 e. The van der Waals surface area contributed by atoms with E-state index in [2.05, 4.69) is 66.8 Å². The summed E-state index contributed by atoms with van der Waals surface area (Å²) in [5.74, 6) is 0. The molecule has 0 atom stereocenters. The van der Waals surface area contributed by atoms with Crippen molar-refractivity contribution in [3.05, 3.63) is 76.9 Å². The van der Waals surface area contributed by atoms with E-state index in [4.69, 9.17) is 0 Å². The smallest absolute Gasteiger partial charge is 0.252 e. The number of nitrogens with zero attached hydrogens (tertiary/aromatic N) is 1. The number of hydrogen-bond donors (Lipinski definition) is 2. The standard InChI is InChI=1S/C19H20NO2P.C2H6/c1-20(23(21)22)14-6-11-19-17-9-4-2-7-15(17)12-13-16-8-3-5-10-18(16)19;1-2/h2-5,7-13,21-22H,6,14H2,1H3;1-2H3. The molecule has 0 heterocycles. The molecule has 0 amide bonds. The number of hydrogen-bond acceptors (Lipinski definition) is 3. The summed E-state index contributed by atoms with van der Waals surface area (Å²) in [6.07, 6.45) is 7.26. The molecule has 0 spiro atoms. The Morgan fingerprint density at radius 1 is 0.880 bits per heavy atom. The molecule has 4 heteroatoms. The first-order chi connectivity index (χ1) is 12.2. The molecule has 0 saturated carbocycles. The fourth-order valence-corrected chi connectivity index (χ4v) is 3.10. The molecule has 2 N–H and O–H groups in total. The van der Waals surface area contributed by atoms with Crippen LogP contribution in [0.3, 0.4) is 0 Å². The first-order valence-corrected chi connectivity index (χ1v) is 9.83. The van der Waals surface area contributed by atoms with Gasteiger partial charge in [-0.3, -0.25) is 0 Å². The first kappa shape index (κ1) is 19.6. The van der Waals surface area contributed by atoms with E-state index in [1.165, 1.54) is 27.8 Å². The Bertz CT molecular complexity index is 702. The molecule has 132 valence electrons. The summed E-state index contributed by atoms with van der Waals surface area (Å²) < 4.78 is 1.57. The van der Waals surface area contributed by atoms with Crippen LogP contribution in [-0.2, 0) is 0 Å². The zero-order valence-electron chi connectivity index (χ0n) is 15.1. The molecule has 25 heavy (non-hydrogen) atoms. The molecule has 0 radical (unpaired) electrons. The van der Waals surface area contributed by atoms with Gasteiger partial charge in [-0.25, -0.2) is 4.67 Å². The minimum Gasteiger partial charge on any atom is -0.338 e. The van der Waals surface area contributed by atoms with Gasteiger partial charge in [-0.15, -0.1) is 0 Å². The van der Waals surface area contributed by atoms with Crippen LogP contribution in [0.5, 0.6) is 0 Å². The van der Waals surface area contributed by atoms with Crippen LogP contribution in [0.4, 0.5) is 0 Å². The lowest BCUT2D eigenvalue weighted by molar-refractivity contribution is 0.380. The number of benzene rings is 2. The zero-order valence-corrected chi connectivity index (χ0v) is 15.9. The molecule has 2 aromatic rings. The molecule has 1 aliphatic carbocycles. The minimum absolute atomic E-state index is 0.611. The van der Waals surface area contributed by atoms with Gasteiger partial charge in [0.1, 0.15) is 0 Å². The third-order valence-electron chi connectivity index (χ3n) is 4.05. The van der Waals surface area contributed by atoms with Gasteiger partial charge in [-0.2, -0.15) is 0 Å². The maximum absolute atomic E-state index is 9.23. The topological polar surface area (TPSA) is 43.7 Å². The minimum atomic E-state index is -2.01. The Kier molecular flexibility index (Phi) is 7.54. The summed E-state index contributed by atoms with van der Waals surface area (Å²) >= 11 is 0. The van der Waals surface area contributed by atoms with Crippen molar-refractivity contribution in [2.45, 2.75) is 20.3 Å². The lowest BCUT2D eigenvalue weighted by Crippen LogP contribution is -2.12. The quantitative estimate of drug-likeness (QED) is 0.635. The van der Waals surface area contributed by atoms with Crippen molar-refractivity contribution in [1.82, 2.24) is 4.67 Å². The SMILES string of the molecule is CC.CN(CCC=C1c2ccccc2C=Cc2ccccc21)P(O)O. The fraction of sp³-hybridized carbons (Fsp3) is 0.238. The summed E-state index contributed by atoms with van der Waals surface area (Å²) in [4.78, 5) is 18.5. The Balaban J connectivity index is 0.00000109. The predicted octanol–water partition coefficient (Wildman–Crippen LogP) is 5.16. The highest BCUT2D eigenvalue weighted by atomic mass is 31.2. The molecule has 3 nitrogen and oxygen atoms in total. The Labute approximate surface area is 151 Å². The van der Waals surface area contributed by atoms with Crippen molar-refractivity contribution >= 4 is 26.3 Å². The van der Waals surface area contributed by atoms with E-state index in [1.807, 2.05) is 13.8 Å². The van der Waals surface area contributed by atoms with Crippen LogP contribution in [0.25, 0.3) is 17.7 Å². The summed E-state index contributed by atoms with van der Waals surface area (Å²) in [5, 5.41) is 0. The lowest BCUT2D eigenvalue weighted by Gasteiger charge is -2.16. The molecule has 2 aromatic carbocycles. The lowest BCUT2D eigenvalue weighted by atomic mass is 9.93. The molecule has 0 unspecified atom stereocenters.